The summed E-state index contributed by atoms with van der Waals surface area (Å²) in [6.45, 7) is 4.31. The van der Waals surface area contributed by atoms with Crippen molar-refractivity contribution in [1.29, 1.82) is 0 Å². The van der Waals surface area contributed by atoms with Crippen molar-refractivity contribution in [2.75, 3.05) is 44.2 Å². The van der Waals surface area contributed by atoms with Gasteiger partial charge in [0.15, 0.2) is 0 Å². The lowest BCUT2D eigenvalue weighted by atomic mass is 9.91. The number of carbonyl (C=O) groups is 1. The van der Waals surface area contributed by atoms with Crippen molar-refractivity contribution in [2.45, 2.75) is 25.4 Å². The topological polar surface area (TPSA) is 35.6 Å². The molecule has 28 heavy (non-hydrogen) atoms. The molecule has 2 heterocycles. The Hall–Kier alpha value is -1.18. The minimum atomic E-state index is -4.33. The summed E-state index contributed by atoms with van der Waals surface area (Å²) in [7, 11) is 0. The van der Waals surface area contributed by atoms with Gasteiger partial charge in [0, 0.05) is 37.8 Å². The lowest BCUT2D eigenvalue weighted by Crippen LogP contribution is -2.50. The molecular formula is C19H26Cl2F3N3O. The van der Waals surface area contributed by atoms with Crippen LogP contribution in [-0.4, -0.2) is 50.1 Å². The number of benzene rings is 1. The van der Waals surface area contributed by atoms with Gasteiger partial charge >= 0.3 is 6.18 Å². The van der Waals surface area contributed by atoms with Crippen LogP contribution in [0, 0.1) is 11.3 Å². The average Bonchev–Trinajstić information content (AvgIpc) is 3.34. The molecule has 2 saturated heterocycles. The number of carbonyl (C=O) groups excluding carboxylic acids is 1. The van der Waals surface area contributed by atoms with Crippen LogP contribution in [-0.2, 0) is 11.0 Å². The lowest BCUT2D eigenvalue weighted by molar-refractivity contribution is -0.137. The van der Waals surface area contributed by atoms with Crippen molar-refractivity contribution < 1.29 is 18.0 Å². The fourth-order valence-electron chi connectivity index (χ4n) is 4.46. The van der Waals surface area contributed by atoms with Crippen molar-refractivity contribution in [3.8, 4) is 0 Å². The number of hydrogen-bond acceptors (Lipinski definition) is 3. The minimum Gasteiger partial charge on any atom is -0.368 e. The normalized spacial score (nSPS) is 23.6. The number of amides is 1. The van der Waals surface area contributed by atoms with Crippen LogP contribution < -0.4 is 10.2 Å². The Labute approximate surface area is 175 Å². The van der Waals surface area contributed by atoms with Crippen molar-refractivity contribution in [3.63, 3.8) is 0 Å². The number of alkyl halides is 3. The third-order valence-electron chi connectivity index (χ3n) is 6.22. The first-order valence-corrected chi connectivity index (χ1v) is 9.31. The van der Waals surface area contributed by atoms with Crippen LogP contribution in [0.3, 0.4) is 0 Å². The van der Waals surface area contributed by atoms with Crippen LogP contribution in [0.1, 0.15) is 24.8 Å². The molecule has 1 N–H and O–H groups in total. The molecule has 4 rings (SSSR count). The quantitative estimate of drug-likeness (QED) is 0.764. The lowest BCUT2D eigenvalue weighted by Gasteiger charge is -2.37. The van der Waals surface area contributed by atoms with Crippen molar-refractivity contribution in [3.05, 3.63) is 29.8 Å². The summed E-state index contributed by atoms with van der Waals surface area (Å²) in [5.41, 5.74) is 0.174. The minimum absolute atomic E-state index is 0. The molecule has 1 amide bonds. The Kier molecular flexibility index (Phi) is 7.16. The number of halogens is 5. The van der Waals surface area contributed by atoms with Gasteiger partial charge < -0.3 is 15.1 Å². The molecule has 1 atom stereocenters. The molecule has 1 spiro atoms. The van der Waals surface area contributed by atoms with Crippen LogP contribution in [0.2, 0.25) is 0 Å². The van der Waals surface area contributed by atoms with E-state index < -0.39 is 11.7 Å². The van der Waals surface area contributed by atoms with Gasteiger partial charge in [-0.15, -0.1) is 24.8 Å². The van der Waals surface area contributed by atoms with Gasteiger partial charge in [-0.25, -0.2) is 0 Å². The molecule has 1 aromatic carbocycles. The zero-order valence-electron chi connectivity index (χ0n) is 15.5. The van der Waals surface area contributed by atoms with Crippen LogP contribution in [0.4, 0.5) is 18.9 Å². The zero-order valence-corrected chi connectivity index (χ0v) is 17.1. The summed E-state index contributed by atoms with van der Waals surface area (Å²) in [6.07, 6.45) is -1.18. The van der Waals surface area contributed by atoms with Crippen LogP contribution in [0.5, 0.6) is 0 Å². The molecule has 9 heteroatoms. The van der Waals surface area contributed by atoms with E-state index in [-0.39, 0.29) is 42.1 Å². The molecule has 1 saturated carbocycles. The maximum absolute atomic E-state index is 12.9. The second-order valence-electron chi connectivity index (χ2n) is 7.73. The highest BCUT2D eigenvalue weighted by Crippen LogP contribution is 2.59. The monoisotopic (exact) mass is 439 g/mol. The number of nitrogens with one attached hydrogen (secondary N) is 1. The van der Waals surface area contributed by atoms with Gasteiger partial charge in [0.2, 0.25) is 5.91 Å². The van der Waals surface area contributed by atoms with Crippen LogP contribution in [0.25, 0.3) is 0 Å². The number of nitrogens with zero attached hydrogens (tertiary/aromatic N) is 2. The maximum atomic E-state index is 12.9. The molecule has 1 unspecified atom stereocenters. The number of piperidine rings is 1. The van der Waals surface area contributed by atoms with Crippen molar-refractivity contribution in [1.82, 2.24) is 10.2 Å². The number of hydrogen-bond donors (Lipinski definition) is 1. The van der Waals surface area contributed by atoms with Crippen molar-refractivity contribution >= 4 is 36.4 Å². The Morgan fingerprint density at radius 2 is 1.71 bits per heavy atom. The van der Waals surface area contributed by atoms with E-state index in [1.165, 1.54) is 12.1 Å². The highest BCUT2D eigenvalue weighted by Gasteiger charge is 2.58. The molecule has 1 aliphatic carbocycles. The van der Waals surface area contributed by atoms with Crippen LogP contribution in [0.15, 0.2) is 24.3 Å². The molecule has 158 valence electrons. The SMILES string of the molecule is Cl.Cl.O=C(C1CC12CCNCC2)N1CCN(c2cccc(C(F)(F)F)c2)CC1. The van der Waals surface area contributed by atoms with Crippen LogP contribution >= 0.6 is 24.8 Å². The molecule has 3 aliphatic rings. The predicted octanol–water partition coefficient (Wildman–Crippen LogP) is 3.59. The van der Waals surface area contributed by atoms with Crippen molar-refractivity contribution in [2.24, 2.45) is 11.3 Å². The van der Waals surface area contributed by atoms with E-state index >= 15 is 0 Å². The Morgan fingerprint density at radius 1 is 1.07 bits per heavy atom. The molecule has 0 radical (unpaired) electrons. The zero-order chi connectivity index (χ0) is 18.4. The summed E-state index contributed by atoms with van der Waals surface area (Å²) in [5.74, 6) is 0.403. The molecule has 0 bridgehead atoms. The van der Waals surface area contributed by atoms with E-state index in [4.69, 9.17) is 0 Å². The van der Waals surface area contributed by atoms with E-state index in [9.17, 15) is 18.0 Å². The largest absolute Gasteiger partial charge is 0.416 e. The first kappa shape index (κ1) is 23.1. The van der Waals surface area contributed by atoms with E-state index in [0.29, 0.717) is 31.9 Å². The second-order valence-corrected chi connectivity index (χ2v) is 7.73. The molecule has 0 aromatic heterocycles. The van der Waals surface area contributed by atoms with Gasteiger partial charge in [-0.3, -0.25) is 4.79 Å². The summed E-state index contributed by atoms with van der Waals surface area (Å²) in [6, 6.07) is 5.44. The third kappa shape index (κ3) is 4.52. The standard InChI is InChI=1S/C19H24F3N3O.2ClH/c20-19(21,22)14-2-1-3-15(12-14)24-8-10-25(11-9-24)17(26)16-13-18(16)4-6-23-7-5-18;;/h1-3,12,16,23H,4-11,13H2;2*1H. The van der Waals surface area contributed by atoms with Gasteiger partial charge in [0.05, 0.1) is 5.56 Å². The molecule has 3 fully saturated rings. The first-order chi connectivity index (χ1) is 12.4. The Bertz CT molecular complexity index is 687. The van der Waals surface area contributed by atoms with Gasteiger partial charge in [-0.2, -0.15) is 13.2 Å². The molecule has 4 nitrogen and oxygen atoms in total. The summed E-state index contributed by atoms with van der Waals surface area (Å²) in [5, 5.41) is 3.35. The smallest absolute Gasteiger partial charge is 0.368 e. The number of anilines is 1. The highest BCUT2D eigenvalue weighted by atomic mass is 35.5. The molecule has 2 aliphatic heterocycles. The summed E-state index contributed by atoms with van der Waals surface area (Å²) < 4.78 is 38.7. The Balaban J connectivity index is 0.00000140. The van der Waals surface area contributed by atoms with Gasteiger partial charge in [0.25, 0.3) is 0 Å². The van der Waals surface area contributed by atoms with Gasteiger partial charge in [0.1, 0.15) is 0 Å². The predicted molar refractivity (Wildman–Crippen MR) is 107 cm³/mol. The van der Waals surface area contributed by atoms with Gasteiger partial charge in [-0.1, -0.05) is 6.07 Å². The Morgan fingerprint density at radius 3 is 2.32 bits per heavy atom. The molecular weight excluding hydrogens is 414 g/mol. The fourth-order valence-corrected chi connectivity index (χ4v) is 4.46. The first-order valence-electron chi connectivity index (χ1n) is 9.31. The van der Waals surface area contributed by atoms with E-state index in [0.717, 1.165) is 38.4 Å². The number of piperazine rings is 1. The second kappa shape index (κ2) is 8.67. The average molecular weight is 440 g/mol. The highest BCUT2D eigenvalue weighted by molar-refractivity contribution is 5.85. The summed E-state index contributed by atoms with van der Waals surface area (Å²) >= 11 is 0. The molecule has 1 aromatic rings. The van der Waals surface area contributed by atoms with Gasteiger partial charge in [-0.05, 0) is 56.0 Å². The fraction of sp³-hybridized carbons (Fsp3) is 0.632. The summed E-state index contributed by atoms with van der Waals surface area (Å²) in [4.78, 5) is 16.6. The van der Waals surface area contributed by atoms with E-state index in [2.05, 4.69) is 5.32 Å². The number of rotatable bonds is 2. The third-order valence-corrected chi connectivity index (χ3v) is 6.22. The van der Waals surface area contributed by atoms with E-state index in [1.807, 2.05) is 9.80 Å². The van der Waals surface area contributed by atoms with E-state index in [1.54, 1.807) is 6.07 Å². The maximum Gasteiger partial charge on any atom is 0.416 e.